The first kappa shape index (κ1) is 13.1. The summed E-state index contributed by atoms with van der Waals surface area (Å²) in [7, 11) is 2.11. The summed E-state index contributed by atoms with van der Waals surface area (Å²) in [4.78, 5) is 12.8. The summed E-state index contributed by atoms with van der Waals surface area (Å²) >= 11 is 3.55. The molecule has 3 nitrogen and oxygen atoms in total. The van der Waals surface area contributed by atoms with Crippen molar-refractivity contribution in [3.8, 4) is 0 Å². The van der Waals surface area contributed by atoms with Crippen LogP contribution in [0.3, 0.4) is 0 Å². The third kappa shape index (κ3) is 2.93. The highest BCUT2D eigenvalue weighted by atomic mass is 79.9. The molecular formula is C14H16BrNO2. The van der Waals surface area contributed by atoms with Crippen molar-refractivity contribution in [2.45, 2.75) is 25.3 Å². The zero-order chi connectivity index (χ0) is 13.1. The summed E-state index contributed by atoms with van der Waals surface area (Å²) in [6, 6.07) is 6.56. The maximum Gasteiger partial charge on any atom is 0.328 e. The molecule has 1 aliphatic rings. The van der Waals surface area contributed by atoms with Crippen LogP contribution in [-0.2, 0) is 4.79 Å². The molecule has 1 aliphatic carbocycles. The first-order chi connectivity index (χ1) is 8.58. The van der Waals surface area contributed by atoms with E-state index in [-0.39, 0.29) is 0 Å². The van der Waals surface area contributed by atoms with Crippen LogP contribution in [0.15, 0.2) is 28.7 Å². The van der Waals surface area contributed by atoms with Crippen LogP contribution in [0.1, 0.15) is 24.8 Å². The number of halogens is 1. The van der Waals surface area contributed by atoms with Gasteiger partial charge >= 0.3 is 5.97 Å². The van der Waals surface area contributed by atoms with E-state index in [0.717, 1.165) is 21.8 Å². The molecule has 2 rings (SSSR count). The highest BCUT2D eigenvalue weighted by Gasteiger charge is 2.23. The minimum atomic E-state index is -0.929. The maximum absolute atomic E-state index is 10.5. The van der Waals surface area contributed by atoms with Crippen molar-refractivity contribution in [3.05, 3.63) is 34.3 Å². The quantitative estimate of drug-likeness (QED) is 0.865. The van der Waals surface area contributed by atoms with Crippen molar-refractivity contribution < 1.29 is 9.90 Å². The van der Waals surface area contributed by atoms with Gasteiger partial charge in [0.1, 0.15) is 0 Å². The number of hydrogen-bond donors (Lipinski definition) is 1. The third-order valence-corrected chi connectivity index (χ3v) is 4.03. The Balaban J connectivity index is 2.16. The summed E-state index contributed by atoms with van der Waals surface area (Å²) in [5.74, 6) is -0.929. The second-order valence-corrected chi connectivity index (χ2v) is 5.43. The summed E-state index contributed by atoms with van der Waals surface area (Å²) < 4.78 is 1.00. The van der Waals surface area contributed by atoms with Crippen LogP contribution in [0, 0.1) is 0 Å². The van der Waals surface area contributed by atoms with Crippen LogP contribution in [0.5, 0.6) is 0 Å². The standard InChI is InChI=1S/C14H16BrNO2/c1-16(11-3-2-4-11)13-7-5-10(9-12(13)15)6-8-14(17)18/h5-9,11H,2-4H2,1H3,(H,17,18)/b8-6+. The molecule has 4 heteroatoms. The average Bonchev–Trinajstić information content (AvgIpc) is 2.23. The largest absolute Gasteiger partial charge is 0.478 e. The molecule has 18 heavy (non-hydrogen) atoms. The fourth-order valence-corrected chi connectivity index (χ4v) is 2.73. The van der Waals surface area contributed by atoms with Gasteiger partial charge in [0, 0.05) is 23.6 Å². The van der Waals surface area contributed by atoms with Crippen LogP contribution < -0.4 is 4.90 Å². The van der Waals surface area contributed by atoms with Crippen molar-refractivity contribution in [2.24, 2.45) is 0 Å². The molecule has 0 radical (unpaired) electrons. The Kier molecular flexibility index (Phi) is 4.07. The van der Waals surface area contributed by atoms with Gasteiger partial charge in [0.25, 0.3) is 0 Å². The smallest absolute Gasteiger partial charge is 0.328 e. The molecule has 96 valence electrons. The molecule has 0 amide bonds. The second-order valence-electron chi connectivity index (χ2n) is 4.58. The molecule has 0 unspecified atom stereocenters. The van der Waals surface area contributed by atoms with E-state index in [0.29, 0.717) is 6.04 Å². The predicted molar refractivity (Wildman–Crippen MR) is 76.9 cm³/mol. The van der Waals surface area contributed by atoms with Gasteiger partial charge in [-0.25, -0.2) is 4.79 Å². The van der Waals surface area contributed by atoms with E-state index in [1.54, 1.807) is 6.08 Å². The van der Waals surface area contributed by atoms with Gasteiger partial charge < -0.3 is 10.0 Å². The Hall–Kier alpha value is -1.29. The van der Waals surface area contributed by atoms with Crippen molar-refractivity contribution in [2.75, 3.05) is 11.9 Å². The molecule has 0 aliphatic heterocycles. The number of carboxylic acids is 1. The normalized spacial score (nSPS) is 15.7. The van der Waals surface area contributed by atoms with Gasteiger partial charge in [0.05, 0.1) is 5.69 Å². The van der Waals surface area contributed by atoms with Crippen LogP contribution in [0.4, 0.5) is 5.69 Å². The fourth-order valence-electron chi connectivity index (χ4n) is 2.05. The Labute approximate surface area is 115 Å². The summed E-state index contributed by atoms with van der Waals surface area (Å²) in [5, 5.41) is 8.59. The van der Waals surface area contributed by atoms with E-state index >= 15 is 0 Å². The molecule has 1 aromatic rings. The molecule has 1 fully saturated rings. The molecule has 0 heterocycles. The first-order valence-electron chi connectivity index (χ1n) is 6.01. The monoisotopic (exact) mass is 309 g/mol. The highest BCUT2D eigenvalue weighted by molar-refractivity contribution is 9.10. The van der Waals surface area contributed by atoms with Crippen LogP contribution in [0.25, 0.3) is 6.08 Å². The van der Waals surface area contributed by atoms with E-state index in [1.165, 1.54) is 19.3 Å². The van der Waals surface area contributed by atoms with Crippen LogP contribution >= 0.6 is 15.9 Å². The number of carboxylic acid groups (broad SMARTS) is 1. The molecule has 0 atom stereocenters. The molecule has 0 aromatic heterocycles. The molecule has 1 N–H and O–H groups in total. The average molecular weight is 310 g/mol. The number of aliphatic carboxylic acids is 1. The van der Waals surface area contributed by atoms with Gasteiger partial charge in [0.2, 0.25) is 0 Å². The number of benzene rings is 1. The van der Waals surface area contributed by atoms with E-state index in [2.05, 4.69) is 27.9 Å². The zero-order valence-corrected chi connectivity index (χ0v) is 11.9. The number of carbonyl (C=O) groups is 1. The van der Waals surface area contributed by atoms with E-state index in [1.807, 2.05) is 18.2 Å². The predicted octanol–water partition coefficient (Wildman–Crippen LogP) is 3.54. The van der Waals surface area contributed by atoms with Gasteiger partial charge in [-0.2, -0.15) is 0 Å². The molecule has 1 saturated carbocycles. The molecule has 0 spiro atoms. The van der Waals surface area contributed by atoms with Crippen molar-refractivity contribution in [1.29, 1.82) is 0 Å². The zero-order valence-electron chi connectivity index (χ0n) is 10.3. The van der Waals surface area contributed by atoms with Crippen molar-refractivity contribution in [3.63, 3.8) is 0 Å². The molecule has 0 saturated heterocycles. The maximum atomic E-state index is 10.5. The number of rotatable bonds is 4. The summed E-state index contributed by atoms with van der Waals surface area (Å²) in [6.07, 6.45) is 6.57. The first-order valence-corrected chi connectivity index (χ1v) is 6.80. The number of anilines is 1. The van der Waals surface area contributed by atoms with Gasteiger partial charge in [-0.1, -0.05) is 6.07 Å². The van der Waals surface area contributed by atoms with Crippen molar-refractivity contribution >= 4 is 33.7 Å². The lowest BCUT2D eigenvalue weighted by molar-refractivity contribution is -0.131. The van der Waals surface area contributed by atoms with Gasteiger partial charge in [-0.15, -0.1) is 0 Å². The third-order valence-electron chi connectivity index (χ3n) is 3.39. The SMILES string of the molecule is CN(c1ccc(/C=C/C(=O)O)cc1Br)C1CCC1. The Morgan fingerprint density at radius 1 is 1.50 bits per heavy atom. The Morgan fingerprint density at radius 3 is 2.72 bits per heavy atom. The van der Waals surface area contributed by atoms with Crippen molar-refractivity contribution in [1.82, 2.24) is 0 Å². The van der Waals surface area contributed by atoms with Gasteiger partial charge in [0.15, 0.2) is 0 Å². The lowest BCUT2D eigenvalue weighted by atomic mass is 9.91. The Morgan fingerprint density at radius 2 is 2.22 bits per heavy atom. The van der Waals surface area contributed by atoms with Gasteiger partial charge in [-0.05, 0) is 59.0 Å². The fraction of sp³-hybridized carbons (Fsp3) is 0.357. The van der Waals surface area contributed by atoms with E-state index < -0.39 is 5.97 Å². The molecule has 1 aromatic carbocycles. The summed E-state index contributed by atoms with van der Waals surface area (Å²) in [6.45, 7) is 0. The van der Waals surface area contributed by atoms with Crippen LogP contribution in [0.2, 0.25) is 0 Å². The van der Waals surface area contributed by atoms with E-state index in [4.69, 9.17) is 5.11 Å². The minimum absolute atomic E-state index is 0.640. The van der Waals surface area contributed by atoms with Crippen LogP contribution in [-0.4, -0.2) is 24.2 Å². The summed E-state index contributed by atoms with van der Waals surface area (Å²) in [5.41, 5.74) is 2.04. The topological polar surface area (TPSA) is 40.5 Å². The van der Waals surface area contributed by atoms with Gasteiger partial charge in [-0.3, -0.25) is 0 Å². The Bertz CT molecular complexity index is 481. The van der Waals surface area contributed by atoms with E-state index in [9.17, 15) is 4.79 Å². The number of hydrogen-bond acceptors (Lipinski definition) is 2. The second kappa shape index (κ2) is 5.57. The molecular weight excluding hydrogens is 294 g/mol. The number of nitrogens with zero attached hydrogens (tertiary/aromatic N) is 1. The lowest BCUT2D eigenvalue weighted by Gasteiger charge is -2.37. The minimum Gasteiger partial charge on any atom is -0.478 e. The highest BCUT2D eigenvalue weighted by Crippen LogP contribution is 2.33. The molecule has 0 bridgehead atoms. The lowest BCUT2D eigenvalue weighted by Crippen LogP contribution is -2.37.